The summed E-state index contributed by atoms with van der Waals surface area (Å²) in [6.07, 6.45) is 0.437. The Balaban J connectivity index is 1.94. The number of carbonyl (C=O) groups excluding carboxylic acids is 1. The Kier molecular flexibility index (Phi) is 7.34. The first-order chi connectivity index (χ1) is 13.1. The summed E-state index contributed by atoms with van der Waals surface area (Å²) >= 11 is 1.14. The van der Waals surface area contributed by atoms with Gasteiger partial charge in [-0.3, -0.25) is 4.79 Å². The van der Waals surface area contributed by atoms with Crippen molar-refractivity contribution in [3.8, 4) is 0 Å². The number of anilines is 1. The second-order valence-corrected chi connectivity index (χ2v) is 11.2. The van der Waals surface area contributed by atoms with Gasteiger partial charge in [0, 0.05) is 25.7 Å². The zero-order chi connectivity index (χ0) is 20.9. The zero-order valence-electron chi connectivity index (χ0n) is 15.8. The predicted molar refractivity (Wildman–Crippen MR) is 109 cm³/mol. The van der Waals surface area contributed by atoms with E-state index in [0.717, 1.165) is 11.3 Å². The van der Waals surface area contributed by atoms with E-state index in [1.807, 2.05) is 0 Å². The van der Waals surface area contributed by atoms with Gasteiger partial charge in [-0.15, -0.1) is 11.3 Å². The van der Waals surface area contributed by atoms with E-state index in [1.165, 1.54) is 30.5 Å². The molecule has 0 spiro atoms. The largest absolute Gasteiger partial charge is 0.326 e. The van der Waals surface area contributed by atoms with Crippen molar-refractivity contribution in [1.29, 1.82) is 0 Å². The number of amides is 1. The fourth-order valence-electron chi connectivity index (χ4n) is 2.45. The molecule has 11 heteroatoms. The molecular formula is C17H23N3O5S3. The van der Waals surface area contributed by atoms with Crippen molar-refractivity contribution in [3.05, 3.63) is 41.3 Å². The van der Waals surface area contributed by atoms with E-state index in [0.29, 0.717) is 17.7 Å². The molecule has 0 atom stereocenters. The number of benzene rings is 1. The van der Waals surface area contributed by atoms with Crippen LogP contribution in [0.2, 0.25) is 0 Å². The Morgan fingerprint density at radius 1 is 1.18 bits per heavy atom. The van der Waals surface area contributed by atoms with Crippen molar-refractivity contribution in [2.75, 3.05) is 26.0 Å². The molecule has 0 unspecified atom stereocenters. The number of hydrogen-bond acceptors (Lipinski definition) is 6. The Hall–Kier alpha value is -1.79. The van der Waals surface area contributed by atoms with Crippen LogP contribution in [-0.2, 0) is 24.8 Å². The third-order valence-corrected chi connectivity index (χ3v) is 8.85. The highest BCUT2D eigenvalue weighted by atomic mass is 32.2. The van der Waals surface area contributed by atoms with Gasteiger partial charge in [0.25, 0.3) is 10.0 Å². The lowest BCUT2D eigenvalue weighted by Gasteiger charge is -2.16. The third-order valence-electron chi connectivity index (χ3n) is 4.07. The number of hydrogen-bond donors (Lipinski definition) is 2. The Morgan fingerprint density at radius 3 is 2.50 bits per heavy atom. The van der Waals surface area contributed by atoms with Crippen LogP contribution in [0.3, 0.4) is 0 Å². The molecule has 1 aromatic carbocycles. The van der Waals surface area contributed by atoms with Crippen molar-refractivity contribution >= 4 is 43.0 Å². The van der Waals surface area contributed by atoms with Crippen LogP contribution >= 0.6 is 11.3 Å². The van der Waals surface area contributed by atoms with Crippen LogP contribution in [-0.4, -0.2) is 47.7 Å². The van der Waals surface area contributed by atoms with Crippen LogP contribution in [0, 0.1) is 6.92 Å². The van der Waals surface area contributed by atoms with Gasteiger partial charge < -0.3 is 5.32 Å². The van der Waals surface area contributed by atoms with E-state index >= 15 is 0 Å². The first kappa shape index (κ1) is 22.5. The number of aryl methyl sites for hydroxylation is 1. The van der Waals surface area contributed by atoms with Gasteiger partial charge >= 0.3 is 0 Å². The van der Waals surface area contributed by atoms with Gasteiger partial charge in [-0.05, 0) is 49.5 Å². The molecular weight excluding hydrogens is 422 g/mol. The van der Waals surface area contributed by atoms with E-state index in [9.17, 15) is 21.6 Å². The molecule has 0 aliphatic rings. The maximum atomic E-state index is 12.3. The van der Waals surface area contributed by atoms with Crippen LogP contribution in [0.5, 0.6) is 0 Å². The first-order valence-electron chi connectivity index (χ1n) is 8.42. The van der Waals surface area contributed by atoms with Gasteiger partial charge in [-0.2, -0.15) is 0 Å². The lowest BCUT2D eigenvalue weighted by atomic mass is 10.2. The lowest BCUT2D eigenvalue weighted by Crippen LogP contribution is -2.28. The number of sulfonamides is 2. The second kappa shape index (κ2) is 9.14. The minimum Gasteiger partial charge on any atom is -0.326 e. The molecule has 2 rings (SSSR count). The predicted octanol–water partition coefficient (Wildman–Crippen LogP) is 2.00. The van der Waals surface area contributed by atoms with Crippen LogP contribution in [0.15, 0.2) is 44.8 Å². The highest BCUT2D eigenvalue weighted by Crippen LogP contribution is 2.21. The minimum absolute atomic E-state index is 0.0922. The number of nitrogens with zero attached hydrogens (tertiary/aromatic N) is 1. The average molecular weight is 446 g/mol. The molecule has 28 heavy (non-hydrogen) atoms. The molecule has 154 valence electrons. The summed E-state index contributed by atoms with van der Waals surface area (Å²) in [5.41, 5.74) is 0.928. The minimum atomic E-state index is -3.63. The number of carbonyl (C=O) groups is 1. The summed E-state index contributed by atoms with van der Waals surface area (Å²) in [6.45, 7) is 1.86. The van der Waals surface area contributed by atoms with E-state index in [4.69, 9.17) is 0 Å². The smallest absolute Gasteiger partial charge is 0.252 e. The third kappa shape index (κ3) is 5.39. The monoisotopic (exact) mass is 445 g/mol. The van der Waals surface area contributed by atoms with E-state index in [1.54, 1.807) is 30.5 Å². The van der Waals surface area contributed by atoms with E-state index in [2.05, 4.69) is 10.0 Å². The summed E-state index contributed by atoms with van der Waals surface area (Å²) in [4.78, 5) is 12.2. The second-order valence-electron chi connectivity index (χ2n) is 6.10. The van der Waals surface area contributed by atoms with Crippen LogP contribution < -0.4 is 10.0 Å². The quantitative estimate of drug-likeness (QED) is 0.613. The molecule has 1 amide bonds. The number of rotatable bonds is 9. The maximum Gasteiger partial charge on any atom is 0.252 e. The molecule has 0 fully saturated rings. The number of nitrogens with one attached hydrogen (secondary N) is 2. The average Bonchev–Trinajstić information content (AvgIpc) is 3.18. The fourth-order valence-corrected chi connectivity index (χ4v) is 5.85. The summed E-state index contributed by atoms with van der Waals surface area (Å²) in [7, 11) is -4.37. The molecule has 0 bridgehead atoms. The summed E-state index contributed by atoms with van der Waals surface area (Å²) in [5.74, 6) is -0.321. The Labute approximate surface area is 169 Å². The van der Waals surface area contributed by atoms with Gasteiger partial charge in [-0.25, -0.2) is 25.9 Å². The summed E-state index contributed by atoms with van der Waals surface area (Å²) in [5, 5.41) is 4.34. The molecule has 2 N–H and O–H groups in total. The van der Waals surface area contributed by atoms with Crippen LogP contribution in [0.25, 0.3) is 0 Å². The van der Waals surface area contributed by atoms with Crippen molar-refractivity contribution < 1.29 is 21.6 Å². The van der Waals surface area contributed by atoms with Gasteiger partial charge in [0.05, 0.1) is 4.90 Å². The fraction of sp³-hybridized carbons (Fsp3) is 0.353. The highest BCUT2D eigenvalue weighted by molar-refractivity contribution is 7.91. The maximum absolute atomic E-state index is 12.3. The molecule has 2 aromatic rings. The van der Waals surface area contributed by atoms with Gasteiger partial charge in [-0.1, -0.05) is 12.1 Å². The van der Waals surface area contributed by atoms with Crippen molar-refractivity contribution in [2.45, 2.75) is 28.9 Å². The standard InChI is InChI=1S/C17H23N3O5S3/c1-13-8-9-14(12-15(13)27(22,23)18-2)19-16(21)6-4-10-20(3)28(24,25)17-7-5-11-26-17/h5,7-9,11-12,18H,4,6,10H2,1-3H3,(H,19,21). The van der Waals surface area contributed by atoms with Gasteiger partial charge in [0.15, 0.2) is 0 Å². The molecule has 0 aliphatic carbocycles. The first-order valence-corrected chi connectivity index (χ1v) is 12.2. The topological polar surface area (TPSA) is 113 Å². The van der Waals surface area contributed by atoms with Crippen molar-refractivity contribution in [2.24, 2.45) is 0 Å². The van der Waals surface area contributed by atoms with Gasteiger partial charge in [0.1, 0.15) is 4.21 Å². The molecule has 1 heterocycles. The Bertz CT molecular complexity index is 1030. The summed E-state index contributed by atoms with van der Waals surface area (Å²) < 4.78 is 52.4. The molecule has 0 aliphatic heterocycles. The van der Waals surface area contributed by atoms with E-state index in [-0.39, 0.29) is 28.0 Å². The SMILES string of the molecule is CNS(=O)(=O)c1cc(NC(=O)CCCN(C)S(=O)(=O)c2cccs2)ccc1C. The molecule has 8 nitrogen and oxygen atoms in total. The summed E-state index contributed by atoms with van der Waals surface area (Å²) in [6, 6.07) is 7.84. The molecule has 0 saturated carbocycles. The molecule has 0 saturated heterocycles. The lowest BCUT2D eigenvalue weighted by molar-refractivity contribution is -0.116. The highest BCUT2D eigenvalue weighted by Gasteiger charge is 2.21. The van der Waals surface area contributed by atoms with Crippen LogP contribution in [0.1, 0.15) is 18.4 Å². The molecule has 0 radical (unpaired) electrons. The van der Waals surface area contributed by atoms with Crippen molar-refractivity contribution in [3.63, 3.8) is 0 Å². The number of thiophene rings is 1. The van der Waals surface area contributed by atoms with Crippen molar-refractivity contribution in [1.82, 2.24) is 9.03 Å². The van der Waals surface area contributed by atoms with Crippen LogP contribution in [0.4, 0.5) is 5.69 Å². The Morgan fingerprint density at radius 2 is 1.89 bits per heavy atom. The zero-order valence-corrected chi connectivity index (χ0v) is 18.2. The van der Waals surface area contributed by atoms with E-state index < -0.39 is 20.0 Å². The molecule has 1 aromatic heterocycles. The van der Waals surface area contributed by atoms with Gasteiger partial charge in [0.2, 0.25) is 15.9 Å². The normalized spacial score (nSPS) is 12.3.